The fourth-order valence-corrected chi connectivity index (χ4v) is 3.82. The Morgan fingerprint density at radius 2 is 1.89 bits per heavy atom. The summed E-state index contributed by atoms with van der Waals surface area (Å²) in [7, 11) is 0. The smallest absolute Gasteiger partial charge is 0.0577 e. The minimum Gasteiger partial charge on any atom is -0.393 e. The van der Waals surface area contributed by atoms with Crippen LogP contribution in [0.5, 0.6) is 0 Å². The summed E-state index contributed by atoms with van der Waals surface area (Å²) in [5.41, 5.74) is 0. The van der Waals surface area contributed by atoms with Crippen LogP contribution in [0.15, 0.2) is 0 Å². The first-order valence-electron chi connectivity index (χ1n) is 8.59. The molecule has 2 unspecified atom stereocenters. The largest absolute Gasteiger partial charge is 0.393 e. The molecule has 1 aliphatic carbocycles. The highest BCUT2D eigenvalue weighted by Gasteiger charge is 2.27. The third kappa shape index (κ3) is 5.07. The number of hydrogen-bond donors (Lipinski definition) is 1. The maximum atomic E-state index is 10.3. The van der Waals surface area contributed by atoms with E-state index in [1.54, 1.807) is 0 Å². The van der Waals surface area contributed by atoms with E-state index in [0.29, 0.717) is 12.0 Å². The van der Waals surface area contributed by atoms with Gasteiger partial charge in [0.05, 0.1) is 12.2 Å². The van der Waals surface area contributed by atoms with Gasteiger partial charge in [-0.3, -0.25) is 0 Å². The van der Waals surface area contributed by atoms with E-state index >= 15 is 0 Å². The van der Waals surface area contributed by atoms with Crippen molar-refractivity contribution in [2.24, 2.45) is 11.8 Å². The zero-order valence-electron chi connectivity index (χ0n) is 12.7. The van der Waals surface area contributed by atoms with E-state index in [1.807, 2.05) is 0 Å². The van der Waals surface area contributed by atoms with Crippen LogP contribution in [0.2, 0.25) is 0 Å². The van der Waals surface area contributed by atoms with Gasteiger partial charge >= 0.3 is 0 Å². The molecule has 2 aliphatic rings. The van der Waals surface area contributed by atoms with E-state index in [2.05, 4.69) is 6.92 Å². The highest BCUT2D eigenvalue weighted by Crippen LogP contribution is 2.35. The van der Waals surface area contributed by atoms with Gasteiger partial charge in [0.2, 0.25) is 0 Å². The Labute approximate surface area is 118 Å². The monoisotopic (exact) mass is 268 g/mol. The van der Waals surface area contributed by atoms with Crippen molar-refractivity contribution in [3.8, 4) is 0 Å². The molecule has 2 atom stereocenters. The van der Waals surface area contributed by atoms with Crippen molar-refractivity contribution in [2.75, 3.05) is 6.61 Å². The number of aliphatic hydroxyl groups is 1. The summed E-state index contributed by atoms with van der Waals surface area (Å²) in [5, 5.41) is 10.3. The molecule has 0 amide bonds. The molecule has 0 spiro atoms. The summed E-state index contributed by atoms with van der Waals surface area (Å²) in [6, 6.07) is 0. The van der Waals surface area contributed by atoms with Gasteiger partial charge in [0, 0.05) is 6.61 Å². The summed E-state index contributed by atoms with van der Waals surface area (Å²) < 4.78 is 5.64. The molecule has 0 bridgehead atoms. The van der Waals surface area contributed by atoms with Gasteiger partial charge in [0.15, 0.2) is 0 Å². The molecule has 0 aromatic carbocycles. The van der Waals surface area contributed by atoms with Crippen LogP contribution in [0.1, 0.15) is 77.6 Å². The number of aliphatic hydroxyl groups excluding tert-OH is 1. The predicted molar refractivity (Wildman–Crippen MR) is 79.2 cm³/mol. The minimum atomic E-state index is -0.0728. The van der Waals surface area contributed by atoms with Gasteiger partial charge in [-0.15, -0.1) is 0 Å². The quantitative estimate of drug-likeness (QED) is 0.746. The molecular formula is C17H32O2. The summed E-state index contributed by atoms with van der Waals surface area (Å²) in [6.07, 6.45) is 14.1. The molecule has 1 saturated heterocycles. The number of unbranched alkanes of at least 4 members (excludes halogenated alkanes) is 1. The predicted octanol–water partition coefficient (Wildman–Crippen LogP) is 4.30. The summed E-state index contributed by atoms with van der Waals surface area (Å²) in [4.78, 5) is 0. The molecule has 1 heterocycles. The molecule has 1 aliphatic heterocycles. The molecule has 2 nitrogen and oxygen atoms in total. The second kappa shape index (κ2) is 8.26. The lowest BCUT2D eigenvalue weighted by molar-refractivity contribution is 0.0412. The lowest BCUT2D eigenvalue weighted by atomic mass is 9.77. The van der Waals surface area contributed by atoms with E-state index in [-0.39, 0.29) is 6.10 Å². The van der Waals surface area contributed by atoms with Gasteiger partial charge in [-0.25, -0.2) is 0 Å². The van der Waals surface area contributed by atoms with Crippen molar-refractivity contribution in [1.29, 1.82) is 0 Å². The van der Waals surface area contributed by atoms with Gasteiger partial charge in [-0.2, -0.15) is 0 Å². The first-order valence-corrected chi connectivity index (χ1v) is 8.59. The molecule has 1 N–H and O–H groups in total. The van der Waals surface area contributed by atoms with Crippen LogP contribution in [0, 0.1) is 11.8 Å². The zero-order valence-corrected chi connectivity index (χ0v) is 12.7. The van der Waals surface area contributed by atoms with Crippen LogP contribution in [0.25, 0.3) is 0 Å². The van der Waals surface area contributed by atoms with Gasteiger partial charge in [0.1, 0.15) is 0 Å². The standard InChI is InChI=1S/C17H32O2/c1-2-3-5-14-7-9-15(10-8-14)17(18)12-11-16-6-4-13-19-16/h14-18H,2-13H2,1H3. The van der Waals surface area contributed by atoms with Gasteiger partial charge in [-0.05, 0) is 50.4 Å². The van der Waals surface area contributed by atoms with Gasteiger partial charge in [0.25, 0.3) is 0 Å². The minimum absolute atomic E-state index is 0.0728. The lowest BCUT2D eigenvalue weighted by Crippen LogP contribution is -2.26. The third-order valence-corrected chi connectivity index (χ3v) is 5.21. The van der Waals surface area contributed by atoms with Crippen LogP contribution < -0.4 is 0 Å². The molecule has 1 saturated carbocycles. The van der Waals surface area contributed by atoms with Crippen molar-refractivity contribution >= 4 is 0 Å². The Morgan fingerprint density at radius 3 is 2.53 bits per heavy atom. The van der Waals surface area contributed by atoms with Crippen molar-refractivity contribution in [2.45, 2.75) is 89.8 Å². The number of rotatable bonds is 7. The maximum absolute atomic E-state index is 10.3. The Bertz CT molecular complexity index is 227. The van der Waals surface area contributed by atoms with Gasteiger partial charge in [-0.1, -0.05) is 39.0 Å². The van der Waals surface area contributed by atoms with Crippen LogP contribution in [-0.4, -0.2) is 23.9 Å². The molecule has 0 aromatic heterocycles. The van der Waals surface area contributed by atoms with E-state index in [4.69, 9.17) is 4.74 Å². The average molecular weight is 268 g/mol. The summed E-state index contributed by atoms with van der Waals surface area (Å²) in [6.45, 7) is 3.21. The van der Waals surface area contributed by atoms with Crippen molar-refractivity contribution in [3.05, 3.63) is 0 Å². The number of ether oxygens (including phenoxy) is 1. The maximum Gasteiger partial charge on any atom is 0.0577 e. The van der Waals surface area contributed by atoms with Gasteiger partial charge < -0.3 is 9.84 Å². The summed E-state index contributed by atoms with van der Waals surface area (Å²) >= 11 is 0. The fraction of sp³-hybridized carbons (Fsp3) is 1.00. The van der Waals surface area contributed by atoms with E-state index in [9.17, 15) is 5.11 Å². The van der Waals surface area contributed by atoms with Crippen LogP contribution in [0.3, 0.4) is 0 Å². The van der Waals surface area contributed by atoms with E-state index in [1.165, 1.54) is 57.8 Å². The second-order valence-corrected chi connectivity index (χ2v) is 6.70. The van der Waals surface area contributed by atoms with Crippen molar-refractivity contribution < 1.29 is 9.84 Å². The SMILES string of the molecule is CCCCC1CCC(C(O)CCC2CCCO2)CC1. The van der Waals surface area contributed by atoms with E-state index in [0.717, 1.165) is 25.4 Å². The fourth-order valence-electron chi connectivity index (χ4n) is 3.82. The molecule has 112 valence electrons. The molecule has 0 radical (unpaired) electrons. The Kier molecular flexibility index (Phi) is 6.66. The second-order valence-electron chi connectivity index (χ2n) is 6.70. The topological polar surface area (TPSA) is 29.5 Å². The zero-order chi connectivity index (χ0) is 13.5. The van der Waals surface area contributed by atoms with Crippen molar-refractivity contribution in [1.82, 2.24) is 0 Å². The highest BCUT2D eigenvalue weighted by molar-refractivity contribution is 4.78. The first kappa shape index (κ1) is 15.3. The third-order valence-electron chi connectivity index (χ3n) is 5.21. The Morgan fingerprint density at radius 1 is 1.11 bits per heavy atom. The molecule has 2 fully saturated rings. The molecule has 19 heavy (non-hydrogen) atoms. The molecule has 0 aromatic rings. The van der Waals surface area contributed by atoms with Crippen molar-refractivity contribution in [3.63, 3.8) is 0 Å². The summed E-state index contributed by atoms with van der Waals surface area (Å²) in [5.74, 6) is 1.51. The average Bonchev–Trinajstić information content (AvgIpc) is 2.96. The van der Waals surface area contributed by atoms with Crippen LogP contribution in [-0.2, 0) is 4.74 Å². The number of hydrogen-bond acceptors (Lipinski definition) is 2. The van der Waals surface area contributed by atoms with E-state index < -0.39 is 0 Å². The molecular weight excluding hydrogens is 236 g/mol. The Balaban J connectivity index is 1.60. The first-order chi connectivity index (χ1) is 9.29. The normalized spacial score (nSPS) is 33.5. The van der Waals surface area contributed by atoms with Crippen LogP contribution in [0.4, 0.5) is 0 Å². The van der Waals surface area contributed by atoms with Crippen LogP contribution >= 0.6 is 0 Å². The molecule has 2 rings (SSSR count). The molecule has 2 heteroatoms. The Hall–Kier alpha value is -0.0800. The highest BCUT2D eigenvalue weighted by atomic mass is 16.5. The lowest BCUT2D eigenvalue weighted by Gasteiger charge is -2.32.